The van der Waals surface area contributed by atoms with Crippen molar-refractivity contribution in [2.45, 2.75) is 103 Å². The highest BCUT2D eigenvalue weighted by molar-refractivity contribution is 5.95. The number of esters is 1. The molecule has 12 nitrogen and oxygen atoms in total. The molecule has 12 heteroatoms. The first-order valence-corrected chi connectivity index (χ1v) is 15.3. The number of phenolic OH excluding ortho intramolecular Hbond substituents is 1. The van der Waals surface area contributed by atoms with Gasteiger partial charge in [-0.15, -0.1) is 0 Å². The SMILES string of the molecule is CCCCN(C(=O)C(CC(N)=O)NC(=O)OC(C)(C)C)C(C(=O)NC(Cc1ccccc1)C(=O)OC(C)(C)C)c1cccc(O)c1. The largest absolute Gasteiger partial charge is 0.508 e. The molecule has 5 N–H and O–H groups in total. The van der Waals surface area contributed by atoms with Crippen molar-refractivity contribution in [2.75, 3.05) is 6.54 Å². The van der Waals surface area contributed by atoms with Gasteiger partial charge in [-0.3, -0.25) is 14.4 Å². The fourth-order valence-electron chi connectivity index (χ4n) is 4.58. The molecule has 0 bridgehead atoms. The first kappa shape index (κ1) is 37.6. The molecule has 0 radical (unpaired) electrons. The van der Waals surface area contributed by atoms with Crippen LogP contribution in [0.5, 0.6) is 5.75 Å². The molecule has 3 atom stereocenters. The Morgan fingerprint density at radius 1 is 0.870 bits per heavy atom. The van der Waals surface area contributed by atoms with Gasteiger partial charge in [-0.25, -0.2) is 9.59 Å². The van der Waals surface area contributed by atoms with E-state index in [1.807, 2.05) is 25.1 Å². The van der Waals surface area contributed by atoms with Crippen LogP contribution in [0, 0.1) is 0 Å². The summed E-state index contributed by atoms with van der Waals surface area (Å²) in [6.07, 6.45) is -0.338. The Balaban J connectivity index is 2.61. The number of rotatable bonds is 14. The van der Waals surface area contributed by atoms with Crippen molar-refractivity contribution in [2.24, 2.45) is 5.73 Å². The van der Waals surface area contributed by atoms with Crippen molar-refractivity contribution in [1.29, 1.82) is 0 Å². The summed E-state index contributed by atoms with van der Waals surface area (Å²) in [6.45, 7) is 12.0. The average Bonchev–Trinajstić information content (AvgIpc) is 2.92. The Kier molecular flexibility index (Phi) is 13.6. The highest BCUT2D eigenvalue weighted by Gasteiger charge is 2.38. The minimum Gasteiger partial charge on any atom is -0.508 e. The second kappa shape index (κ2) is 16.6. The fourth-order valence-corrected chi connectivity index (χ4v) is 4.58. The van der Waals surface area contributed by atoms with Crippen LogP contribution in [-0.4, -0.2) is 69.6 Å². The number of nitrogens with one attached hydrogen (secondary N) is 2. The minimum atomic E-state index is -1.47. The summed E-state index contributed by atoms with van der Waals surface area (Å²) in [7, 11) is 0. The molecule has 0 saturated carbocycles. The zero-order valence-electron chi connectivity index (χ0n) is 27.8. The summed E-state index contributed by atoms with van der Waals surface area (Å²) in [5, 5.41) is 15.5. The summed E-state index contributed by atoms with van der Waals surface area (Å²) in [5.41, 5.74) is 4.71. The molecule has 0 fully saturated rings. The smallest absolute Gasteiger partial charge is 0.408 e. The first-order chi connectivity index (χ1) is 21.4. The third-order valence-electron chi connectivity index (χ3n) is 6.47. The maximum absolute atomic E-state index is 14.3. The van der Waals surface area contributed by atoms with E-state index in [1.165, 1.54) is 23.1 Å². The Morgan fingerprint density at radius 3 is 2.04 bits per heavy atom. The number of nitrogens with two attached hydrogens (primary N) is 1. The van der Waals surface area contributed by atoms with Crippen LogP contribution in [0.15, 0.2) is 54.6 Å². The van der Waals surface area contributed by atoms with Gasteiger partial charge in [-0.05, 0) is 71.2 Å². The van der Waals surface area contributed by atoms with Crippen molar-refractivity contribution in [3.8, 4) is 5.75 Å². The Bertz CT molecular complexity index is 1350. The second-order valence-electron chi connectivity index (χ2n) is 13.0. The Hall–Kier alpha value is -4.61. The van der Waals surface area contributed by atoms with Gasteiger partial charge < -0.3 is 35.8 Å². The van der Waals surface area contributed by atoms with Crippen molar-refractivity contribution in [3.05, 3.63) is 65.7 Å². The number of primary amides is 1. The molecule has 3 unspecified atom stereocenters. The molecule has 0 aliphatic carbocycles. The number of hydrogen-bond donors (Lipinski definition) is 4. The topological polar surface area (TPSA) is 177 Å². The Labute approximate surface area is 271 Å². The molecule has 46 heavy (non-hydrogen) atoms. The van der Waals surface area contributed by atoms with E-state index >= 15 is 0 Å². The lowest BCUT2D eigenvalue weighted by Crippen LogP contribution is -2.55. The molecule has 4 amide bonds. The van der Waals surface area contributed by atoms with Crippen LogP contribution in [0.25, 0.3) is 0 Å². The number of unbranched alkanes of at least 4 members (excludes halogenated alkanes) is 1. The third kappa shape index (κ3) is 12.8. The van der Waals surface area contributed by atoms with Gasteiger partial charge in [0.05, 0.1) is 6.42 Å². The van der Waals surface area contributed by atoms with Gasteiger partial charge in [0, 0.05) is 13.0 Å². The zero-order chi connectivity index (χ0) is 34.7. The number of benzene rings is 2. The highest BCUT2D eigenvalue weighted by Crippen LogP contribution is 2.27. The third-order valence-corrected chi connectivity index (χ3v) is 6.47. The molecular weight excluding hydrogens is 592 g/mol. The van der Waals surface area contributed by atoms with Crippen molar-refractivity contribution in [1.82, 2.24) is 15.5 Å². The normalized spacial score (nSPS) is 13.5. The zero-order valence-corrected chi connectivity index (χ0v) is 27.8. The fraction of sp³-hybridized carbons (Fsp3) is 0.500. The standard InChI is InChI=1S/C34H48N4O8/c1-8-9-18-38(30(42)25(21-27(35)40)37-32(44)46-34(5,6)7)28(23-16-13-17-24(39)20-23)29(41)36-26(31(43)45-33(2,3)4)19-22-14-11-10-12-15-22/h10-17,20,25-26,28,39H,8-9,18-19,21H2,1-7H3,(H2,35,40)(H,36,41)(H,37,44). The molecule has 0 saturated heterocycles. The predicted molar refractivity (Wildman–Crippen MR) is 172 cm³/mol. The van der Waals surface area contributed by atoms with Gasteiger partial charge in [-0.2, -0.15) is 0 Å². The molecule has 0 heterocycles. The molecule has 0 aromatic heterocycles. The van der Waals surface area contributed by atoms with Gasteiger partial charge in [0.15, 0.2) is 0 Å². The number of hydrogen-bond acceptors (Lipinski definition) is 8. The van der Waals surface area contributed by atoms with Crippen molar-refractivity contribution < 1.29 is 38.6 Å². The number of alkyl carbamates (subject to hydrolysis) is 1. The van der Waals surface area contributed by atoms with Gasteiger partial charge >= 0.3 is 12.1 Å². The summed E-state index contributed by atoms with van der Waals surface area (Å²) in [6, 6.07) is 10.9. The van der Waals surface area contributed by atoms with Gasteiger partial charge in [0.25, 0.3) is 0 Å². The van der Waals surface area contributed by atoms with E-state index in [9.17, 15) is 29.1 Å². The van der Waals surface area contributed by atoms with Crippen LogP contribution in [-0.2, 0) is 35.1 Å². The molecule has 0 spiro atoms. The maximum Gasteiger partial charge on any atom is 0.408 e. The van der Waals surface area contributed by atoms with Gasteiger partial charge in [0.2, 0.25) is 17.7 Å². The number of aromatic hydroxyl groups is 1. The van der Waals surface area contributed by atoms with Crippen molar-refractivity contribution in [3.63, 3.8) is 0 Å². The second-order valence-corrected chi connectivity index (χ2v) is 13.0. The number of phenols is 1. The van der Waals surface area contributed by atoms with Crippen molar-refractivity contribution >= 4 is 29.8 Å². The monoisotopic (exact) mass is 640 g/mol. The van der Waals surface area contributed by atoms with Gasteiger partial charge in [0.1, 0.15) is 35.1 Å². The number of nitrogens with zero attached hydrogens (tertiary/aromatic N) is 1. The van der Waals surface area contributed by atoms with Crippen LogP contribution in [0.2, 0.25) is 0 Å². The van der Waals surface area contributed by atoms with Crippen LogP contribution in [0.4, 0.5) is 4.79 Å². The molecular formula is C34H48N4O8. The summed E-state index contributed by atoms with van der Waals surface area (Å²) < 4.78 is 10.9. The minimum absolute atomic E-state index is 0.0319. The van der Waals surface area contributed by atoms with Crippen LogP contribution >= 0.6 is 0 Å². The maximum atomic E-state index is 14.3. The Morgan fingerprint density at radius 2 is 1.50 bits per heavy atom. The van der Waals surface area contributed by atoms with E-state index in [-0.39, 0.29) is 24.3 Å². The van der Waals surface area contributed by atoms with E-state index < -0.39 is 65.5 Å². The molecule has 252 valence electrons. The average molecular weight is 641 g/mol. The van der Waals surface area contributed by atoms with Crippen LogP contribution in [0.3, 0.4) is 0 Å². The number of carbonyl (C=O) groups is 5. The lowest BCUT2D eigenvalue weighted by Gasteiger charge is -2.35. The van der Waals surface area contributed by atoms with E-state index in [2.05, 4.69) is 10.6 Å². The summed E-state index contributed by atoms with van der Waals surface area (Å²) in [4.78, 5) is 67.8. The number of amides is 4. The van der Waals surface area contributed by atoms with E-state index in [0.717, 1.165) is 5.56 Å². The quantitative estimate of drug-likeness (QED) is 0.225. The summed E-state index contributed by atoms with van der Waals surface area (Å²) in [5.74, 6) is -3.22. The van der Waals surface area contributed by atoms with Crippen LogP contribution < -0.4 is 16.4 Å². The number of carbonyl (C=O) groups excluding carboxylic acids is 5. The highest BCUT2D eigenvalue weighted by atomic mass is 16.6. The molecule has 0 aliphatic heterocycles. The number of ether oxygens (including phenoxy) is 2. The van der Waals surface area contributed by atoms with Gasteiger partial charge in [-0.1, -0.05) is 55.8 Å². The molecule has 0 aliphatic rings. The van der Waals surface area contributed by atoms with E-state index in [4.69, 9.17) is 15.2 Å². The molecule has 2 aromatic rings. The molecule has 2 aromatic carbocycles. The molecule has 2 rings (SSSR count). The van der Waals surface area contributed by atoms with E-state index in [1.54, 1.807) is 59.7 Å². The predicted octanol–water partition coefficient (Wildman–Crippen LogP) is 3.90. The van der Waals surface area contributed by atoms with E-state index in [0.29, 0.717) is 12.8 Å². The van der Waals surface area contributed by atoms with Crippen LogP contribution in [0.1, 0.15) is 84.9 Å². The lowest BCUT2D eigenvalue weighted by atomic mass is 9.99. The lowest BCUT2D eigenvalue weighted by molar-refractivity contribution is -0.159. The summed E-state index contributed by atoms with van der Waals surface area (Å²) >= 11 is 0. The first-order valence-electron chi connectivity index (χ1n) is 15.3.